The third-order valence-corrected chi connectivity index (χ3v) is 4.13. The average Bonchev–Trinajstić information content (AvgIpc) is 3.08. The molecule has 0 bridgehead atoms. The number of hydrogen-bond acceptors (Lipinski definition) is 3. The second kappa shape index (κ2) is 9.52. The molecule has 0 saturated heterocycles. The Hall–Kier alpha value is -1.94. The molecule has 2 aromatic carbocycles. The zero-order chi connectivity index (χ0) is 16.8. The molecule has 3 rings (SSSR count). The minimum Gasteiger partial charge on any atom is -0.495 e. The van der Waals surface area contributed by atoms with Crippen molar-refractivity contribution in [2.45, 2.75) is 13.0 Å². The lowest BCUT2D eigenvalue weighted by atomic mass is 10.1. The lowest BCUT2D eigenvalue weighted by Crippen LogP contribution is -2.16. The van der Waals surface area contributed by atoms with Gasteiger partial charge in [-0.3, -0.25) is 0 Å². The van der Waals surface area contributed by atoms with Gasteiger partial charge in [-0.05, 0) is 48.9 Å². The van der Waals surface area contributed by atoms with Crippen LogP contribution in [0.3, 0.4) is 0 Å². The Morgan fingerprint density at radius 2 is 1.84 bits per heavy atom. The van der Waals surface area contributed by atoms with E-state index in [1.807, 2.05) is 36.4 Å². The summed E-state index contributed by atoms with van der Waals surface area (Å²) < 4.78 is 11.1. The Morgan fingerprint density at radius 3 is 2.56 bits per heavy atom. The van der Waals surface area contributed by atoms with Crippen LogP contribution in [-0.4, -0.2) is 13.7 Å². The molecule has 0 atom stereocenters. The smallest absolute Gasteiger partial charge is 0.137 e. The molecule has 0 saturated carbocycles. The molecule has 25 heavy (non-hydrogen) atoms. The normalized spacial score (nSPS) is 10.3. The van der Waals surface area contributed by atoms with E-state index >= 15 is 0 Å². The maximum Gasteiger partial charge on any atom is 0.137 e. The number of benzene rings is 2. The summed E-state index contributed by atoms with van der Waals surface area (Å²) in [5.41, 5.74) is 2.27. The minimum absolute atomic E-state index is 0. The standard InChI is InChI=1S/C20H20ClNO2.ClH/c1-23-20-9-7-16(13-18(20)21)19-10-8-17(24-19)14-22-12-11-15-5-3-2-4-6-15;/h2-10,13,22H,11-12,14H2,1H3;1H. The molecule has 0 unspecified atom stereocenters. The number of furan rings is 1. The third kappa shape index (κ3) is 5.27. The largest absolute Gasteiger partial charge is 0.495 e. The molecule has 0 aliphatic rings. The lowest BCUT2D eigenvalue weighted by molar-refractivity contribution is 0.415. The van der Waals surface area contributed by atoms with Crippen LogP contribution < -0.4 is 10.1 Å². The first-order chi connectivity index (χ1) is 11.8. The Bertz CT molecular complexity index is 787. The monoisotopic (exact) mass is 377 g/mol. The van der Waals surface area contributed by atoms with Crippen LogP contribution in [0.25, 0.3) is 11.3 Å². The number of ether oxygens (including phenoxy) is 1. The van der Waals surface area contributed by atoms with Gasteiger partial charge in [-0.1, -0.05) is 41.9 Å². The molecule has 0 aliphatic heterocycles. The van der Waals surface area contributed by atoms with Gasteiger partial charge in [0, 0.05) is 5.56 Å². The van der Waals surface area contributed by atoms with Crippen LogP contribution >= 0.6 is 24.0 Å². The molecule has 1 aromatic heterocycles. The quantitative estimate of drug-likeness (QED) is 0.562. The van der Waals surface area contributed by atoms with E-state index in [0.717, 1.165) is 30.0 Å². The summed E-state index contributed by atoms with van der Waals surface area (Å²) >= 11 is 6.17. The van der Waals surface area contributed by atoms with Gasteiger partial charge in [0.15, 0.2) is 0 Å². The van der Waals surface area contributed by atoms with Crippen molar-refractivity contribution in [1.29, 1.82) is 0 Å². The first kappa shape index (κ1) is 19.4. The third-order valence-electron chi connectivity index (χ3n) is 3.83. The van der Waals surface area contributed by atoms with Crippen molar-refractivity contribution in [2.24, 2.45) is 0 Å². The highest BCUT2D eigenvalue weighted by Gasteiger charge is 2.08. The van der Waals surface area contributed by atoms with Gasteiger partial charge >= 0.3 is 0 Å². The second-order valence-corrected chi connectivity index (χ2v) is 5.93. The molecule has 1 N–H and O–H groups in total. The van der Waals surface area contributed by atoms with Crippen molar-refractivity contribution in [3.05, 3.63) is 77.0 Å². The van der Waals surface area contributed by atoms with E-state index in [2.05, 4.69) is 29.6 Å². The molecule has 0 amide bonds. The summed E-state index contributed by atoms with van der Waals surface area (Å²) in [7, 11) is 1.60. The van der Waals surface area contributed by atoms with Crippen LogP contribution in [-0.2, 0) is 13.0 Å². The fraction of sp³-hybridized carbons (Fsp3) is 0.200. The van der Waals surface area contributed by atoms with Crippen molar-refractivity contribution in [1.82, 2.24) is 5.32 Å². The molecule has 132 valence electrons. The predicted molar refractivity (Wildman–Crippen MR) is 105 cm³/mol. The maximum atomic E-state index is 6.17. The molecule has 0 aliphatic carbocycles. The van der Waals surface area contributed by atoms with E-state index in [-0.39, 0.29) is 12.4 Å². The van der Waals surface area contributed by atoms with Gasteiger partial charge in [0.2, 0.25) is 0 Å². The summed E-state index contributed by atoms with van der Waals surface area (Å²) in [4.78, 5) is 0. The van der Waals surface area contributed by atoms with Crippen LogP contribution in [0, 0.1) is 0 Å². The number of rotatable bonds is 7. The molecular formula is C20H21Cl2NO2. The van der Waals surface area contributed by atoms with Crippen molar-refractivity contribution in [3.63, 3.8) is 0 Å². The first-order valence-electron chi connectivity index (χ1n) is 7.93. The highest BCUT2D eigenvalue weighted by Crippen LogP contribution is 2.31. The van der Waals surface area contributed by atoms with Crippen molar-refractivity contribution < 1.29 is 9.15 Å². The van der Waals surface area contributed by atoms with Gasteiger partial charge in [0.25, 0.3) is 0 Å². The molecule has 0 spiro atoms. The highest BCUT2D eigenvalue weighted by atomic mass is 35.5. The van der Waals surface area contributed by atoms with Gasteiger partial charge in [-0.25, -0.2) is 0 Å². The van der Waals surface area contributed by atoms with Gasteiger partial charge in [-0.15, -0.1) is 12.4 Å². The second-order valence-electron chi connectivity index (χ2n) is 5.53. The first-order valence-corrected chi connectivity index (χ1v) is 8.31. The summed E-state index contributed by atoms with van der Waals surface area (Å²) in [6.45, 7) is 1.62. The Morgan fingerprint density at radius 1 is 1.04 bits per heavy atom. The molecule has 0 fully saturated rings. The minimum atomic E-state index is 0. The van der Waals surface area contributed by atoms with Gasteiger partial charge < -0.3 is 14.5 Å². The van der Waals surface area contributed by atoms with E-state index in [0.29, 0.717) is 17.3 Å². The summed E-state index contributed by atoms with van der Waals surface area (Å²) in [5.74, 6) is 2.37. The van der Waals surface area contributed by atoms with E-state index in [9.17, 15) is 0 Å². The molecular weight excluding hydrogens is 357 g/mol. The van der Waals surface area contributed by atoms with Crippen LogP contribution in [0.5, 0.6) is 5.75 Å². The van der Waals surface area contributed by atoms with Crippen LogP contribution in [0.4, 0.5) is 0 Å². The van der Waals surface area contributed by atoms with E-state index in [4.69, 9.17) is 20.8 Å². The van der Waals surface area contributed by atoms with E-state index in [1.165, 1.54) is 5.56 Å². The summed E-state index contributed by atoms with van der Waals surface area (Å²) in [5, 5.41) is 3.98. The highest BCUT2D eigenvalue weighted by molar-refractivity contribution is 6.32. The predicted octanol–water partition coefficient (Wildman–Crippen LogP) is 5.36. The summed E-state index contributed by atoms with van der Waals surface area (Å²) in [6, 6.07) is 20.0. The number of methoxy groups -OCH3 is 1. The number of halogens is 2. The van der Waals surface area contributed by atoms with Gasteiger partial charge in [0.1, 0.15) is 17.3 Å². The average molecular weight is 378 g/mol. The Balaban J connectivity index is 0.00000225. The molecule has 3 nitrogen and oxygen atoms in total. The lowest BCUT2D eigenvalue weighted by Gasteiger charge is -2.05. The van der Waals surface area contributed by atoms with Crippen LogP contribution in [0.1, 0.15) is 11.3 Å². The Kier molecular flexibility index (Phi) is 7.38. The zero-order valence-corrected chi connectivity index (χ0v) is 15.6. The fourth-order valence-electron chi connectivity index (χ4n) is 2.54. The SMILES string of the molecule is COc1ccc(-c2ccc(CNCCc3ccccc3)o2)cc1Cl.Cl. The van der Waals surface area contributed by atoms with Crippen molar-refractivity contribution in [2.75, 3.05) is 13.7 Å². The van der Waals surface area contributed by atoms with E-state index in [1.54, 1.807) is 7.11 Å². The summed E-state index contributed by atoms with van der Waals surface area (Å²) in [6.07, 6.45) is 1.00. The van der Waals surface area contributed by atoms with Crippen molar-refractivity contribution >= 4 is 24.0 Å². The van der Waals surface area contributed by atoms with Gasteiger partial charge in [0.05, 0.1) is 18.7 Å². The topological polar surface area (TPSA) is 34.4 Å². The number of hydrogen-bond donors (Lipinski definition) is 1. The molecule has 0 radical (unpaired) electrons. The molecule has 5 heteroatoms. The van der Waals surface area contributed by atoms with E-state index < -0.39 is 0 Å². The Labute approximate surface area is 159 Å². The maximum absolute atomic E-state index is 6.17. The van der Waals surface area contributed by atoms with Crippen LogP contribution in [0.15, 0.2) is 65.1 Å². The number of nitrogens with one attached hydrogen (secondary N) is 1. The zero-order valence-electron chi connectivity index (χ0n) is 14.0. The van der Waals surface area contributed by atoms with Gasteiger partial charge in [-0.2, -0.15) is 0 Å². The molecule has 1 heterocycles. The van der Waals surface area contributed by atoms with Crippen LogP contribution in [0.2, 0.25) is 5.02 Å². The molecule has 3 aromatic rings. The fourth-order valence-corrected chi connectivity index (χ4v) is 2.79. The van der Waals surface area contributed by atoms with Crippen molar-refractivity contribution in [3.8, 4) is 17.1 Å².